The normalized spacial score (nSPS) is 19.4. The molecule has 0 aromatic carbocycles. The summed E-state index contributed by atoms with van der Waals surface area (Å²) in [6.45, 7) is 2.25. The lowest BCUT2D eigenvalue weighted by Crippen LogP contribution is -2.00. The van der Waals surface area contributed by atoms with Crippen LogP contribution in [0.15, 0.2) is 34.8 Å². The van der Waals surface area contributed by atoms with Gasteiger partial charge in [0.05, 0.1) is 0 Å². The summed E-state index contributed by atoms with van der Waals surface area (Å²) in [6, 6.07) is 0. The molecule has 0 saturated heterocycles. The number of allylic oxidation sites excluding steroid dienone is 5. The zero-order chi connectivity index (χ0) is 10.6. The first-order valence-electron chi connectivity index (χ1n) is 5.30. The first kappa shape index (κ1) is 11.6. The minimum absolute atomic E-state index is 0.568. The summed E-state index contributed by atoms with van der Waals surface area (Å²) in [5, 5.41) is 0. The molecule has 0 bridgehead atoms. The Hall–Kier alpha value is -0.430. The lowest BCUT2D eigenvalue weighted by Gasteiger charge is -2.31. The molecule has 1 aliphatic carbocycles. The van der Waals surface area contributed by atoms with E-state index in [0.717, 1.165) is 6.42 Å². The molecule has 14 heavy (non-hydrogen) atoms. The monoisotopic (exact) mass is 210 g/mol. The highest BCUT2D eigenvalue weighted by molar-refractivity contribution is 8.35. The lowest BCUT2D eigenvalue weighted by atomic mass is 10.1. The molecule has 1 aliphatic rings. The summed E-state index contributed by atoms with van der Waals surface area (Å²) in [5.74, 6) is 0. The SMILES string of the molecule is CCC1=CC=CCCC=C1S(C)(C)C. The standard InChI is InChI=1S/C13H22S/c1-5-12-10-8-6-7-9-11-13(12)14(2,3)4/h6,8,10-11H,5,7,9H2,1-4H3. The van der Waals surface area contributed by atoms with Crippen LogP contribution in [0.2, 0.25) is 0 Å². The van der Waals surface area contributed by atoms with Crippen molar-refractivity contribution in [2.24, 2.45) is 0 Å². The Bertz CT molecular complexity index is 274. The molecular formula is C13H22S. The van der Waals surface area contributed by atoms with Crippen molar-refractivity contribution in [3.05, 3.63) is 34.8 Å². The molecular weight excluding hydrogens is 188 g/mol. The van der Waals surface area contributed by atoms with Gasteiger partial charge in [-0.15, -0.1) is 0 Å². The summed E-state index contributed by atoms with van der Waals surface area (Å²) in [6.07, 6.45) is 19.9. The Morgan fingerprint density at radius 3 is 2.50 bits per heavy atom. The molecule has 0 atom stereocenters. The average Bonchev–Trinajstić information content (AvgIpc) is 2.01. The summed E-state index contributed by atoms with van der Waals surface area (Å²) in [4.78, 5) is 1.62. The molecule has 1 heteroatoms. The van der Waals surface area contributed by atoms with Crippen molar-refractivity contribution in [2.45, 2.75) is 26.2 Å². The predicted octanol–water partition coefficient (Wildman–Crippen LogP) is 4.25. The van der Waals surface area contributed by atoms with Gasteiger partial charge in [0.25, 0.3) is 0 Å². The molecule has 0 aromatic rings. The van der Waals surface area contributed by atoms with Crippen LogP contribution in [0.5, 0.6) is 0 Å². The van der Waals surface area contributed by atoms with Crippen LogP contribution in [0, 0.1) is 0 Å². The maximum Gasteiger partial charge on any atom is -0.0114 e. The van der Waals surface area contributed by atoms with E-state index in [0.29, 0.717) is 0 Å². The van der Waals surface area contributed by atoms with Crippen LogP contribution in [0.4, 0.5) is 0 Å². The van der Waals surface area contributed by atoms with Gasteiger partial charge in [0.1, 0.15) is 0 Å². The summed E-state index contributed by atoms with van der Waals surface area (Å²) >= 11 is 0. The molecule has 0 radical (unpaired) electrons. The highest BCUT2D eigenvalue weighted by atomic mass is 32.3. The van der Waals surface area contributed by atoms with Gasteiger partial charge in [0.15, 0.2) is 0 Å². The smallest absolute Gasteiger partial charge is 0.0114 e. The van der Waals surface area contributed by atoms with E-state index in [4.69, 9.17) is 0 Å². The minimum Gasteiger partial charge on any atom is -0.223 e. The molecule has 0 fully saturated rings. The highest BCUT2D eigenvalue weighted by Gasteiger charge is 2.14. The second kappa shape index (κ2) is 4.88. The molecule has 0 unspecified atom stereocenters. The van der Waals surface area contributed by atoms with Gasteiger partial charge in [0.2, 0.25) is 0 Å². The van der Waals surface area contributed by atoms with Gasteiger partial charge in [0, 0.05) is 0 Å². The van der Waals surface area contributed by atoms with Gasteiger partial charge in [-0.3, -0.25) is 0 Å². The molecule has 0 aromatic heterocycles. The zero-order valence-corrected chi connectivity index (χ0v) is 10.7. The highest BCUT2D eigenvalue weighted by Crippen LogP contribution is 2.49. The van der Waals surface area contributed by atoms with Crippen molar-refractivity contribution in [1.82, 2.24) is 0 Å². The fourth-order valence-electron chi connectivity index (χ4n) is 1.74. The Kier molecular flexibility index (Phi) is 4.06. The van der Waals surface area contributed by atoms with Gasteiger partial charge in [-0.05, 0) is 48.5 Å². The van der Waals surface area contributed by atoms with Crippen LogP contribution in [-0.4, -0.2) is 18.8 Å². The molecule has 1 rings (SSSR count). The van der Waals surface area contributed by atoms with Crippen molar-refractivity contribution >= 4 is 10.0 Å². The van der Waals surface area contributed by atoms with Crippen molar-refractivity contribution in [1.29, 1.82) is 0 Å². The first-order chi connectivity index (χ1) is 6.55. The lowest BCUT2D eigenvalue weighted by molar-refractivity contribution is 1.03. The molecule has 0 aliphatic heterocycles. The van der Waals surface area contributed by atoms with Gasteiger partial charge >= 0.3 is 0 Å². The fourth-order valence-corrected chi connectivity index (χ4v) is 3.36. The van der Waals surface area contributed by atoms with Crippen LogP contribution in [0.25, 0.3) is 0 Å². The van der Waals surface area contributed by atoms with E-state index >= 15 is 0 Å². The van der Waals surface area contributed by atoms with Crippen LogP contribution < -0.4 is 0 Å². The quantitative estimate of drug-likeness (QED) is 0.639. The molecule has 80 valence electrons. The average molecular weight is 210 g/mol. The fraction of sp³-hybridized carbons (Fsp3) is 0.538. The second-order valence-corrected chi connectivity index (χ2v) is 8.57. The van der Waals surface area contributed by atoms with Gasteiger partial charge in [-0.2, -0.15) is 0 Å². The number of hydrogen-bond donors (Lipinski definition) is 0. The number of rotatable bonds is 2. The van der Waals surface area contributed by atoms with E-state index < -0.39 is 10.0 Å². The Morgan fingerprint density at radius 2 is 1.93 bits per heavy atom. The van der Waals surface area contributed by atoms with Crippen molar-refractivity contribution in [3.63, 3.8) is 0 Å². The first-order valence-corrected chi connectivity index (χ1v) is 8.16. The molecule has 0 heterocycles. The van der Waals surface area contributed by atoms with Crippen molar-refractivity contribution in [2.75, 3.05) is 18.8 Å². The van der Waals surface area contributed by atoms with E-state index in [1.807, 2.05) is 0 Å². The maximum absolute atomic E-state index is 2.45. The number of hydrogen-bond acceptors (Lipinski definition) is 0. The molecule has 0 amide bonds. The maximum atomic E-state index is 2.45. The van der Waals surface area contributed by atoms with E-state index in [2.05, 4.69) is 50.0 Å². The van der Waals surface area contributed by atoms with Crippen LogP contribution >= 0.6 is 10.0 Å². The Balaban J connectivity index is 3.04. The van der Waals surface area contributed by atoms with Gasteiger partial charge in [-0.1, -0.05) is 31.2 Å². The van der Waals surface area contributed by atoms with Crippen molar-refractivity contribution in [3.8, 4) is 0 Å². The van der Waals surface area contributed by atoms with Crippen LogP contribution in [0.3, 0.4) is 0 Å². The predicted molar refractivity (Wildman–Crippen MR) is 70.2 cm³/mol. The third-order valence-electron chi connectivity index (χ3n) is 2.45. The molecule has 0 saturated carbocycles. The van der Waals surface area contributed by atoms with Crippen LogP contribution in [-0.2, 0) is 0 Å². The topological polar surface area (TPSA) is 0 Å². The largest absolute Gasteiger partial charge is 0.223 e. The van der Waals surface area contributed by atoms with Gasteiger partial charge in [-0.25, -0.2) is 10.0 Å². The summed E-state index contributed by atoms with van der Waals surface area (Å²) < 4.78 is 0. The molecule has 0 N–H and O–H groups in total. The van der Waals surface area contributed by atoms with Crippen LogP contribution in [0.1, 0.15) is 26.2 Å². The van der Waals surface area contributed by atoms with E-state index in [-0.39, 0.29) is 0 Å². The van der Waals surface area contributed by atoms with E-state index in [1.165, 1.54) is 18.4 Å². The zero-order valence-electron chi connectivity index (χ0n) is 9.84. The third kappa shape index (κ3) is 3.06. The Morgan fingerprint density at radius 1 is 1.21 bits per heavy atom. The van der Waals surface area contributed by atoms with E-state index in [9.17, 15) is 0 Å². The minimum atomic E-state index is -0.568. The Labute approximate surface area is 90.1 Å². The molecule has 0 spiro atoms. The molecule has 0 nitrogen and oxygen atoms in total. The second-order valence-electron chi connectivity index (χ2n) is 4.46. The third-order valence-corrected chi connectivity index (χ3v) is 4.20. The summed E-state index contributed by atoms with van der Waals surface area (Å²) in [7, 11) is -0.568. The van der Waals surface area contributed by atoms with E-state index in [1.54, 1.807) is 4.91 Å². The van der Waals surface area contributed by atoms with Gasteiger partial charge < -0.3 is 0 Å². The summed E-state index contributed by atoms with van der Waals surface area (Å²) in [5.41, 5.74) is 1.53. The van der Waals surface area contributed by atoms with Crippen molar-refractivity contribution < 1.29 is 0 Å².